The molecule has 5 heteroatoms. The van der Waals surface area contributed by atoms with Crippen molar-refractivity contribution in [2.24, 2.45) is 0 Å². The van der Waals surface area contributed by atoms with Crippen molar-refractivity contribution < 1.29 is 4.79 Å². The number of nitrogens with two attached hydrogens (primary N) is 2. The highest BCUT2D eigenvalue weighted by Gasteiger charge is 2.09. The van der Waals surface area contributed by atoms with Crippen LogP contribution in [0.4, 0.5) is 17.1 Å². The van der Waals surface area contributed by atoms with Crippen molar-refractivity contribution in [1.82, 2.24) is 0 Å². The van der Waals surface area contributed by atoms with Crippen LogP contribution in [-0.2, 0) is 0 Å². The molecule has 0 saturated carbocycles. The van der Waals surface area contributed by atoms with Crippen molar-refractivity contribution in [3.05, 3.63) is 53.6 Å². The van der Waals surface area contributed by atoms with Crippen LogP contribution in [0.15, 0.2) is 42.5 Å². The van der Waals surface area contributed by atoms with Gasteiger partial charge in [0.05, 0.1) is 17.2 Å². The van der Waals surface area contributed by atoms with Crippen LogP contribution in [-0.4, -0.2) is 5.91 Å². The van der Waals surface area contributed by atoms with Crippen molar-refractivity contribution in [2.75, 3.05) is 16.8 Å². The van der Waals surface area contributed by atoms with E-state index in [1.165, 1.54) is 6.07 Å². The van der Waals surface area contributed by atoms with Gasteiger partial charge in [-0.25, -0.2) is 0 Å². The van der Waals surface area contributed by atoms with E-state index in [0.717, 1.165) is 0 Å². The lowest BCUT2D eigenvalue weighted by Gasteiger charge is -2.08. The molecule has 94 valence electrons. The summed E-state index contributed by atoms with van der Waals surface area (Å²) in [5.41, 5.74) is 13.6. The zero-order valence-corrected chi connectivity index (χ0v) is 10.1. The predicted octanol–water partition coefficient (Wildman–Crippen LogP) is 1.97. The molecule has 0 heterocycles. The summed E-state index contributed by atoms with van der Waals surface area (Å²) >= 11 is 0. The number of anilines is 3. The Bertz CT molecular complexity index is 656. The molecule has 0 spiro atoms. The Kier molecular flexibility index (Phi) is 3.35. The first-order valence-electron chi connectivity index (χ1n) is 5.56. The molecule has 0 unspecified atom stereocenters. The lowest BCUT2D eigenvalue weighted by Crippen LogP contribution is -2.14. The van der Waals surface area contributed by atoms with Crippen LogP contribution in [0, 0.1) is 11.3 Å². The Balaban J connectivity index is 2.18. The number of carbonyl (C=O) groups is 1. The fraction of sp³-hybridized carbons (Fsp3) is 0. The van der Waals surface area contributed by atoms with Crippen LogP contribution in [0.1, 0.15) is 15.9 Å². The third-order valence-electron chi connectivity index (χ3n) is 2.59. The van der Waals surface area contributed by atoms with Crippen LogP contribution in [0.5, 0.6) is 0 Å². The summed E-state index contributed by atoms with van der Waals surface area (Å²) in [6.45, 7) is 0. The van der Waals surface area contributed by atoms with Gasteiger partial charge in [-0.2, -0.15) is 5.26 Å². The largest absolute Gasteiger partial charge is 0.399 e. The van der Waals surface area contributed by atoms with Crippen LogP contribution in [0.25, 0.3) is 0 Å². The molecular formula is C14H12N4O. The molecular weight excluding hydrogens is 240 g/mol. The Hall–Kier alpha value is -3.00. The van der Waals surface area contributed by atoms with Gasteiger partial charge in [0.25, 0.3) is 5.91 Å². The van der Waals surface area contributed by atoms with Gasteiger partial charge in [-0.3, -0.25) is 4.79 Å². The Morgan fingerprint density at radius 2 is 1.79 bits per heavy atom. The summed E-state index contributed by atoms with van der Waals surface area (Å²) in [4.78, 5) is 12.0. The normalized spacial score (nSPS) is 9.63. The number of amides is 1. The second-order valence-electron chi connectivity index (χ2n) is 3.99. The number of nitrogens with zero attached hydrogens (tertiary/aromatic N) is 1. The number of rotatable bonds is 2. The van der Waals surface area contributed by atoms with E-state index in [9.17, 15) is 4.79 Å². The molecule has 5 N–H and O–H groups in total. The first-order valence-corrected chi connectivity index (χ1v) is 5.56. The fourth-order valence-corrected chi connectivity index (χ4v) is 1.61. The van der Waals surface area contributed by atoms with Crippen LogP contribution in [0.2, 0.25) is 0 Å². The number of hydrogen-bond donors (Lipinski definition) is 3. The maximum atomic E-state index is 12.0. The van der Waals surface area contributed by atoms with Gasteiger partial charge in [0.15, 0.2) is 0 Å². The summed E-state index contributed by atoms with van der Waals surface area (Å²) in [7, 11) is 0. The molecule has 0 aliphatic carbocycles. The van der Waals surface area contributed by atoms with E-state index in [-0.39, 0.29) is 5.91 Å². The molecule has 2 aromatic rings. The van der Waals surface area contributed by atoms with Gasteiger partial charge in [0.2, 0.25) is 0 Å². The van der Waals surface area contributed by atoms with Crippen LogP contribution < -0.4 is 16.8 Å². The highest BCUT2D eigenvalue weighted by atomic mass is 16.1. The second-order valence-corrected chi connectivity index (χ2v) is 3.99. The quantitative estimate of drug-likeness (QED) is 0.710. The van der Waals surface area contributed by atoms with E-state index in [0.29, 0.717) is 28.2 Å². The highest BCUT2D eigenvalue weighted by Crippen LogP contribution is 2.18. The lowest BCUT2D eigenvalue weighted by atomic mass is 10.1. The molecule has 2 rings (SSSR count). The van der Waals surface area contributed by atoms with Crippen molar-refractivity contribution in [1.29, 1.82) is 5.26 Å². The standard InChI is InChI=1S/C14H12N4O/c15-8-9-1-4-11(5-2-9)18-14(19)12-6-3-10(16)7-13(12)17/h1-7H,16-17H2,(H,18,19). The Morgan fingerprint density at radius 3 is 2.37 bits per heavy atom. The minimum absolute atomic E-state index is 0.317. The molecule has 0 fully saturated rings. The first kappa shape index (κ1) is 12.5. The molecule has 5 nitrogen and oxygen atoms in total. The van der Waals surface area contributed by atoms with Crippen molar-refractivity contribution in [2.45, 2.75) is 0 Å². The topological polar surface area (TPSA) is 105 Å². The van der Waals surface area contributed by atoms with E-state index in [1.807, 2.05) is 6.07 Å². The zero-order valence-electron chi connectivity index (χ0n) is 10.1. The molecule has 0 aliphatic rings. The Labute approximate surface area is 110 Å². The summed E-state index contributed by atoms with van der Waals surface area (Å²) in [6.07, 6.45) is 0. The minimum atomic E-state index is -0.317. The number of hydrogen-bond acceptors (Lipinski definition) is 4. The molecule has 2 aromatic carbocycles. The summed E-state index contributed by atoms with van der Waals surface area (Å²) < 4.78 is 0. The van der Waals surface area contributed by atoms with Gasteiger partial charge < -0.3 is 16.8 Å². The van der Waals surface area contributed by atoms with E-state index >= 15 is 0 Å². The third kappa shape index (κ3) is 2.82. The molecule has 1 amide bonds. The van der Waals surface area contributed by atoms with E-state index < -0.39 is 0 Å². The highest BCUT2D eigenvalue weighted by molar-refractivity contribution is 6.08. The van der Waals surface area contributed by atoms with Gasteiger partial charge in [-0.15, -0.1) is 0 Å². The van der Waals surface area contributed by atoms with Crippen molar-refractivity contribution in [3.63, 3.8) is 0 Å². The zero-order chi connectivity index (χ0) is 13.8. The molecule has 0 atom stereocenters. The van der Waals surface area contributed by atoms with Gasteiger partial charge in [-0.1, -0.05) is 0 Å². The van der Waals surface area contributed by atoms with Gasteiger partial charge in [-0.05, 0) is 42.5 Å². The van der Waals surface area contributed by atoms with Gasteiger partial charge in [0.1, 0.15) is 0 Å². The smallest absolute Gasteiger partial charge is 0.257 e. The van der Waals surface area contributed by atoms with Crippen molar-refractivity contribution >= 4 is 23.0 Å². The number of benzene rings is 2. The van der Waals surface area contributed by atoms with E-state index in [4.69, 9.17) is 16.7 Å². The second kappa shape index (κ2) is 5.10. The number of nitrogens with one attached hydrogen (secondary N) is 1. The van der Waals surface area contributed by atoms with Crippen LogP contribution in [0.3, 0.4) is 0 Å². The van der Waals surface area contributed by atoms with Gasteiger partial charge >= 0.3 is 0 Å². The average Bonchev–Trinajstić information content (AvgIpc) is 2.39. The maximum absolute atomic E-state index is 12.0. The molecule has 0 aliphatic heterocycles. The maximum Gasteiger partial charge on any atom is 0.257 e. The molecule has 0 aromatic heterocycles. The van der Waals surface area contributed by atoms with Crippen molar-refractivity contribution in [3.8, 4) is 6.07 Å². The predicted molar refractivity (Wildman–Crippen MR) is 74.4 cm³/mol. The van der Waals surface area contributed by atoms with E-state index in [1.54, 1.807) is 36.4 Å². The molecule has 0 bridgehead atoms. The average molecular weight is 252 g/mol. The molecule has 0 radical (unpaired) electrons. The summed E-state index contributed by atoms with van der Waals surface area (Å²) in [5, 5.41) is 11.4. The monoisotopic (exact) mass is 252 g/mol. The van der Waals surface area contributed by atoms with E-state index in [2.05, 4.69) is 5.32 Å². The van der Waals surface area contributed by atoms with Crippen LogP contribution >= 0.6 is 0 Å². The lowest BCUT2D eigenvalue weighted by molar-refractivity contribution is 0.102. The first-order chi connectivity index (χ1) is 9.10. The summed E-state index contributed by atoms with van der Waals surface area (Å²) in [5.74, 6) is -0.317. The molecule has 19 heavy (non-hydrogen) atoms. The number of nitriles is 1. The summed E-state index contributed by atoms with van der Waals surface area (Å²) in [6, 6.07) is 13.3. The van der Waals surface area contributed by atoms with Gasteiger partial charge in [0, 0.05) is 17.1 Å². The third-order valence-corrected chi connectivity index (χ3v) is 2.59. The Morgan fingerprint density at radius 1 is 1.11 bits per heavy atom. The number of carbonyl (C=O) groups excluding carboxylic acids is 1. The minimum Gasteiger partial charge on any atom is -0.399 e. The molecule has 0 saturated heterocycles. The SMILES string of the molecule is N#Cc1ccc(NC(=O)c2ccc(N)cc2N)cc1. The number of nitrogen functional groups attached to an aromatic ring is 2. The fourth-order valence-electron chi connectivity index (χ4n) is 1.61.